The van der Waals surface area contributed by atoms with Gasteiger partial charge in [-0.1, -0.05) is 149 Å². The number of hydrogen-bond donors (Lipinski definition) is 0. The lowest BCUT2D eigenvalue weighted by Gasteiger charge is -2.04. The van der Waals surface area contributed by atoms with Crippen LogP contribution in [0.15, 0.2) is 84.9 Å². The van der Waals surface area contributed by atoms with Crippen LogP contribution in [0, 0.1) is 0 Å². The summed E-state index contributed by atoms with van der Waals surface area (Å²) >= 11 is 0. The van der Waals surface area contributed by atoms with E-state index in [0.29, 0.717) is 0 Å². The van der Waals surface area contributed by atoms with E-state index < -0.39 is 0 Å². The molecule has 4 aromatic carbocycles. The number of unbranched alkanes of at least 4 members (excludes halogenated alkanes) is 4. The predicted octanol–water partition coefficient (Wildman–Crippen LogP) is 11.1. The zero-order valence-corrected chi connectivity index (χ0v) is 23.8. The van der Waals surface area contributed by atoms with E-state index in [1.807, 2.05) is 0 Å². The Morgan fingerprint density at radius 2 is 0.846 bits per heavy atom. The Labute approximate surface area is 236 Å². The lowest BCUT2D eigenvalue weighted by Crippen LogP contribution is -1.85. The SMILES string of the molecule is CCCCCc1ccc(/C=C/c2ccc3c(c2)Cc2cc(/C=C/c4ccc(CCCCC)cc4)ccc2-3)cc1. The van der Waals surface area contributed by atoms with Crippen molar-refractivity contribution in [1.29, 1.82) is 0 Å². The zero-order chi connectivity index (χ0) is 26.9. The van der Waals surface area contributed by atoms with Crippen LogP contribution in [0.3, 0.4) is 0 Å². The molecule has 0 bridgehead atoms. The number of benzene rings is 4. The summed E-state index contributed by atoms with van der Waals surface area (Å²) in [5.41, 5.74) is 13.6. The normalized spacial score (nSPS) is 12.4. The maximum Gasteiger partial charge on any atom is -0.00130 e. The third kappa shape index (κ3) is 7.27. The minimum Gasteiger partial charge on any atom is -0.0654 e. The quantitative estimate of drug-likeness (QED) is 0.116. The summed E-state index contributed by atoms with van der Waals surface area (Å²) in [5.74, 6) is 0. The zero-order valence-electron chi connectivity index (χ0n) is 23.8. The predicted molar refractivity (Wildman–Crippen MR) is 172 cm³/mol. The third-order valence-corrected chi connectivity index (χ3v) is 7.96. The summed E-state index contributed by atoms with van der Waals surface area (Å²) in [6.45, 7) is 4.52. The molecule has 1 aliphatic rings. The monoisotopic (exact) mass is 510 g/mol. The second kappa shape index (κ2) is 13.4. The molecular weight excluding hydrogens is 468 g/mol. The Kier molecular flexibility index (Phi) is 9.28. The van der Waals surface area contributed by atoms with Crippen molar-refractivity contribution >= 4 is 24.3 Å². The van der Waals surface area contributed by atoms with Crippen molar-refractivity contribution in [3.8, 4) is 11.1 Å². The second-order valence-corrected chi connectivity index (χ2v) is 11.1. The summed E-state index contributed by atoms with van der Waals surface area (Å²) in [4.78, 5) is 0. The molecule has 0 aliphatic heterocycles. The smallest absolute Gasteiger partial charge is 0.00130 e. The van der Waals surface area contributed by atoms with Crippen molar-refractivity contribution in [3.05, 3.63) is 129 Å². The van der Waals surface area contributed by atoms with Gasteiger partial charge in [0.25, 0.3) is 0 Å². The van der Waals surface area contributed by atoms with Gasteiger partial charge in [-0.2, -0.15) is 0 Å². The number of fused-ring (bicyclic) bond motifs is 3. The van der Waals surface area contributed by atoms with Gasteiger partial charge in [-0.15, -0.1) is 0 Å². The van der Waals surface area contributed by atoms with Crippen LogP contribution in [-0.4, -0.2) is 0 Å². The molecule has 1 aliphatic carbocycles. The van der Waals surface area contributed by atoms with Crippen LogP contribution in [0.1, 0.15) is 96.9 Å². The summed E-state index contributed by atoms with van der Waals surface area (Å²) in [6, 6.07) is 32.0. The summed E-state index contributed by atoms with van der Waals surface area (Å²) < 4.78 is 0. The molecule has 0 fully saturated rings. The van der Waals surface area contributed by atoms with Gasteiger partial charge in [0.2, 0.25) is 0 Å². The molecule has 0 saturated heterocycles. The standard InChI is InChI=1S/C39H42/c1-3-5-7-9-30-11-15-32(16-12-30)19-21-34-23-25-38-36(27-34)29-37-28-35(24-26-39(37)38)22-20-33-17-13-31(14-18-33)10-8-6-4-2/h11-28H,3-10,29H2,1-2H3/b21-19+,22-20+. The first-order valence-corrected chi connectivity index (χ1v) is 15.0. The van der Waals surface area contributed by atoms with Crippen molar-refractivity contribution in [1.82, 2.24) is 0 Å². The van der Waals surface area contributed by atoms with E-state index in [9.17, 15) is 0 Å². The van der Waals surface area contributed by atoms with E-state index in [-0.39, 0.29) is 0 Å². The molecule has 0 spiro atoms. The molecule has 0 nitrogen and oxygen atoms in total. The largest absolute Gasteiger partial charge is 0.0654 e. The molecule has 0 atom stereocenters. The van der Waals surface area contributed by atoms with Crippen molar-refractivity contribution in [2.75, 3.05) is 0 Å². The highest BCUT2D eigenvalue weighted by molar-refractivity contribution is 5.81. The number of aryl methyl sites for hydroxylation is 2. The molecule has 0 heteroatoms. The number of rotatable bonds is 12. The van der Waals surface area contributed by atoms with Crippen LogP contribution < -0.4 is 0 Å². The van der Waals surface area contributed by atoms with Gasteiger partial charge >= 0.3 is 0 Å². The van der Waals surface area contributed by atoms with Crippen LogP contribution in [0.2, 0.25) is 0 Å². The van der Waals surface area contributed by atoms with Gasteiger partial charge in [0, 0.05) is 0 Å². The highest BCUT2D eigenvalue weighted by Crippen LogP contribution is 2.38. The van der Waals surface area contributed by atoms with E-state index in [2.05, 4.69) is 123 Å². The van der Waals surface area contributed by atoms with Gasteiger partial charge in [0.15, 0.2) is 0 Å². The lowest BCUT2D eigenvalue weighted by atomic mass is 10.0. The molecule has 0 heterocycles. The molecule has 39 heavy (non-hydrogen) atoms. The molecule has 198 valence electrons. The van der Waals surface area contributed by atoms with E-state index in [0.717, 1.165) is 6.42 Å². The van der Waals surface area contributed by atoms with Crippen molar-refractivity contribution < 1.29 is 0 Å². The first kappa shape index (κ1) is 26.9. The molecule has 0 amide bonds. The maximum absolute atomic E-state index is 2.36. The Hall–Kier alpha value is -3.64. The summed E-state index contributed by atoms with van der Waals surface area (Å²) in [5, 5.41) is 0. The fourth-order valence-electron chi connectivity index (χ4n) is 5.59. The van der Waals surface area contributed by atoms with Crippen molar-refractivity contribution in [3.63, 3.8) is 0 Å². The lowest BCUT2D eigenvalue weighted by molar-refractivity contribution is 0.717. The first-order valence-electron chi connectivity index (χ1n) is 15.0. The average molecular weight is 511 g/mol. The van der Waals surface area contributed by atoms with Crippen molar-refractivity contribution in [2.24, 2.45) is 0 Å². The maximum atomic E-state index is 2.36. The molecule has 0 N–H and O–H groups in total. The van der Waals surface area contributed by atoms with E-state index >= 15 is 0 Å². The Morgan fingerprint density at radius 3 is 1.26 bits per heavy atom. The molecule has 0 saturated carbocycles. The minimum atomic E-state index is 1.01. The Bertz CT molecular complexity index is 1300. The minimum absolute atomic E-state index is 1.01. The van der Waals surface area contributed by atoms with E-state index in [1.165, 1.54) is 107 Å². The van der Waals surface area contributed by atoms with Crippen LogP contribution in [0.4, 0.5) is 0 Å². The fourth-order valence-corrected chi connectivity index (χ4v) is 5.59. The van der Waals surface area contributed by atoms with Gasteiger partial charge in [-0.3, -0.25) is 0 Å². The van der Waals surface area contributed by atoms with Crippen LogP contribution in [0.5, 0.6) is 0 Å². The molecule has 0 radical (unpaired) electrons. The van der Waals surface area contributed by atoms with Crippen LogP contribution in [-0.2, 0) is 19.3 Å². The van der Waals surface area contributed by atoms with Gasteiger partial charge < -0.3 is 0 Å². The third-order valence-electron chi connectivity index (χ3n) is 7.96. The van der Waals surface area contributed by atoms with E-state index in [4.69, 9.17) is 0 Å². The van der Waals surface area contributed by atoms with Gasteiger partial charge in [0.05, 0.1) is 0 Å². The van der Waals surface area contributed by atoms with E-state index in [1.54, 1.807) is 0 Å². The van der Waals surface area contributed by atoms with Crippen molar-refractivity contribution in [2.45, 2.75) is 71.6 Å². The Balaban J connectivity index is 1.21. The Morgan fingerprint density at radius 1 is 0.462 bits per heavy atom. The fraction of sp³-hybridized carbons (Fsp3) is 0.282. The van der Waals surface area contributed by atoms with Gasteiger partial charge in [-0.05, 0) is 87.7 Å². The summed E-state index contributed by atoms with van der Waals surface area (Å²) in [6.07, 6.45) is 20.1. The average Bonchev–Trinajstić information content (AvgIpc) is 3.33. The van der Waals surface area contributed by atoms with Crippen LogP contribution in [0.25, 0.3) is 35.4 Å². The van der Waals surface area contributed by atoms with Gasteiger partial charge in [-0.25, -0.2) is 0 Å². The molecular formula is C39H42. The second-order valence-electron chi connectivity index (χ2n) is 11.1. The topological polar surface area (TPSA) is 0 Å². The number of hydrogen-bond acceptors (Lipinski definition) is 0. The molecule has 5 rings (SSSR count). The first-order chi connectivity index (χ1) is 19.2. The highest BCUT2D eigenvalue weighted by Gasteiger charge is 2.18. The summed E-state index contributed by atoms with van der Waals surface area (Å²) in [7, 11) is 0. The molecule has 0 unspecified atom stereocenters. The molecule has 4 aromatic rings. The highest BCUT2D eigenvalue weighted by atomic mass is 14.2. The van der Waals surface area contributed by atoms with Crippen LogP contribution >= 0.6 is 0 Å². The molecule has 0 aromatic heterocycles. The van der Waals surface area contributed by atoms with Gasteiger partial charge in [0.1, 0.15) is 0 Å².